The van der Waals surface area contributed by atoms with Crippen molar-refractivity contribution >= 4 is 10.9 Å². The van der Waals surface area contributed by atoms with Gasteiger partial charge in [-0.05, 0) is 17.7 Å². The van der Waals surface area contributed by atoms with Gasteiger partial charge in [-0.3, -0.25) is 0 Å². The lowest BCUT2D eigenvalue weighted by Gasteiger charge is -2.23. The first-order valence-electron chi connectivity index (χ1n) is 7.58. The van der Waals surface area contributed by atoms with Crippen molar-refractivity contribution in [1.29, 1.82) is 0 Å². The van der Waals surface area contributed by atoms with Gasteiger partial charge in [0.15, 0.2) is 0 Å². The lowest BCUT2D eigenvalue weighted by molar-refractivity contribution is -0.883. The van der Waals surface area contributed by atoms with Gasteiger partial charge in [-0.1, -0.05) is 30.3 Å². The van der Waals surface area contributed by atoms with Gasteiger partial charge in [0.2, 0.25) is 0 Å². The highest BCUT2D eigenvalue weighted by Crippen LogP contribution is 2.25. The molecule has 23 heavy (non-hydrogen) atoms. The van der Waals surface area contributed by atoms with Crippen molar-refractivity contribution in [3.63, 3.8) is 0 Å². The molecule has 1 heterocycles. The first-order valence-corrected chi connectivity index (χ1v) is 7.58. The van der Waals surface area contributed by atoms with Crippen LogP contribution in [0.5, 0.6) is 5.75 Å². The van der Waals surface area contributed by atoms with E-state index in [-0.39, 0.29) is 24.0 Å². The Bertz CT molecular complexity index is 760. The Hall–Kier alpha value is -1.53. The second-order valence-electron chi connectivity index (χ2n) is 6.74. The van der Waals surface area contributed by atoms with Crippen molar-refractivity contribution in [2.45, 2.75) is 13.2 Å². The number of ether oxygens (including phenoxy) is 1. The summed E-state index contributed by atoms with van der Waals surface area (Å²) in [6, 6.07) is 16.5. The summed E-state index contributed by atoms with van der Waals surface area (Å²) in [5.41, 5.74) is 3.66. The molecule has 0 bridgehead atoms. The molecule has 1 N–H and O–H groups in total. The zero-order valence-corrected chi connectivity index (χ0v) is 16.0. The SMILES string of the molecule is C[N+](C)(C)Cc1c[nH]c2cc(OCc3ccccc3)ccc12.[I-]. The maximum Gasteiger partial charge on any atom is 0.121 e. The molecule has 3 aromatic rings. The first-order chi connectivity index (χ1) is 10.5. The van der Waals surface area contributed by atoms with Gasteiger partial charge in [0.05, 0.1) is 21.1 Å². The average molecular weight is 422 g/mol. The van der Waals surface area contributed by atoms with E-state index in [2.05, 4.69) is 62.7 Å². The summed E-state index contributed by atoms with van der Waals surface area (Å²) < 4.78 is 6.80. The van der Waals surface area contributed by atoms with Gasteiger partial charge < -0.3 is 38.2 Å². The van der Waals surface area contributed by atoms with Crippen molar-refractivity contribution < 1.29 is 33.2 Å². The quantitative estimate of drug-likeness (QED) is 0.481. The molecule has 122 valence electrons. The van der Waals surface area contributed by atoms with Crippen LogP contribution in [0.25, 0.3) is 10.9 Å². The molecule has 0 unspecified atom stereocenters. The van der Waals surface area contributed by atoms with Gasteiger partial charge in [-0.25, -0.2) is 0 Å². The molecule has 0 saturated heterocycles. The van der Waals surface area contributed by atoms with Crippen LogP contribution in [0.3, 0.4) is 0 Å². The molecule has 2 aromatic carbocycles. The van der Waals surface area contributed by atoms with Crippen molar-refractivity contribution in [2.75, 3.05) is 21.1 Å². The maximum absolute atomic E-state index is 5.89. The third-order valence-corrected chi connectivity index (χ3v) is 3.63. The molecular formula is C19H23IN2O. The third-order valence-electron chi connectivity index (χ3n) is 3.63. The minimum Gasteiger partial charge on any atom is -1.00 e. The molecule has 1 aromatic heterocycles. The van der Waals surface area contributed by atoms with Gasteiger partial charge in [-0.15, -0.1) is 0 Å². The highest BCUT2D eigenvalue weighted by molar-refractivity contribution is 5.84. The Morgan fingerprint density at radius 1 is 1.00 bits per heavy atom. The van der Waals surface area contributed by atoms with Crippen LogP contribution in [-0.4, -0.2) is 30.6 Å². The summed E-state index contributed by atoms with van der Waals surface area (Å²) in [4.78, 5) is 3.36. The molecule has 0 fully saturated rings. The lowest BCUT2D eigenvalue weighted by Crippen LogP contribution is -3.00. The monoisotopic (exact) mass is 422 g/mol. The van der Waals surface area contributed by atoms with Crippen LogP contribution in [0.2, 0.25) is 0 Å². The maximum atomic E-state index is 5.89. The summed E-state index contributed by atoms with van der Waals surface area (Å²) in [7, 11) is 6.61. The second-order valence-corrected chi connectivity index (χ2v) is 6.74. The van der Waals surface area contributed by atoms with Crippen LogP contribution in [0, 0.1) is 0 Å². The predicted octanol–water partition coefficient (Wildman–Crippen LogP) is 0.957. The van der Waals surface area contributed by atoms with Crippen LogP contribution in [-0.2, 0) is 13.2 Å². The van der Waals surface area contributed by atoms with E-state index >= 15 is 0 Å². The van der Waals surface area contributed by atoms with E-state index in [1.54, 1.807) is 0 Å². The van der Waals surface area contributed by atoms with Crippen LogP contribution in [0.4, 0.5) is 0 Å². The lowest BCUT2D eigenvalue weighted by atomic mass is 10.1. The number of hydrogen-bond donors (Lipinski definition) is 1. The number of rotatable bonds is 5. The fraction of sp³-hybridized carbons (Fsp3) is 0.263. The van der Waals surface area contributed by atoms with Crippen LogP contribution in [0.15, 0.2) is 54.7 Å². The number of nitrogens with zero attached hydrogens (tertiary/aromatic N) is 1. The molecule has 3 nitrogen and oxygen atoms in total. The van der Waals surface area contributed by atoms with E-state index in [4.69, 9.17) is 4.74 Å². The van der Waals surface area contributed by atoms with E-state index in [1.165, 1.54) is 16.5 Å². The molecule has 3 rings (SSSR count). The number of halogens is 1. The zero-order chi connectivity index (χ0) is 15.6. The third kappa shape index (κ3) is 4.72. The fourth-order valence-corrected chi connectivity index (χ4v) is 2.64. The van der Waals surface area contributed by atoms with Crippen molar-refractivity contribution in [1.82, 2.24) is 4.98 Å². The first kappa shape index (κ1) is 17.8. The van der Waals surface area contributed by atoms with Crippen molar-refractivity contribution in [2.24, 2.45) is 0 Å². The van der Waals surface area contributed by atoms with Crippen LogP contribution >= 0.6 is 0 Å². The summed E-state index contributed by atoms with van der Waals surface area (Å²) in [6.07, 6.45) is 2.11. The molecule has 0 atom stereocenters. The normalized spacial score (nSPS) is 11.3. The fourth-order valence-electron chi connectivity index (χ4n) is 2.64. The Morgan fingerprint density at radius 3 is 2.43 bits per heavy atom. The molecule has 0 radical (unpaired) electrons. The number of aromatic amines is 1. The van der Waals surface area contributed by atoms with Gasteiger partial charge in [0.1, 0.15) is 18.9 Å². The number of hydrogen-bond acceptors (Lipinski definition) is 1. The largest absolute Gasteiger partial charge is 1.00 e. The summed E-state index contributed by atoms with van der Waals surface area (Å²) in [6.45, 7) is 1.60. The molecule has 0 aliphatic heterocycles. The smallest absolute Gasteiger partial charge is 0.121 e. The second kappa shape index (κ2) is 7.36. The van der Waals surface area contributed by atoms with Gasteiger partial charge in [-0.2, -0.15) is 0 Å². The Balaban J connectivity index is 0.00000192. The van der Waals surface area contributed by atoms with E-state index in [0.717, 1.165) is 22.3 Å². The Labute approximate surface area is 154 Å². The molecule has 4 heteroatoms. The topological polar surface area (TPSA) is 25.0 Å². The number of H-pyrrole nitrogens is 1. The van der Waals surface area contributed by atoms with E-state index in [0.29, 0.717) is 6.61 Å². The van der Waals surface area contributed by atoms with Gasteiger partial charge in [0, 0.05) is 28.7 Å². The van der Waals surface area contributed by atoms with Crippen molar-refractivity contribution in [3.8, 4) is 5.75 Å². The minimum absolute atomic E-state index is 0. The molecule has 0 aliphatic carbocycles. The van der Waals surface area contributed by atoms with Gasteiger partial charge in [0.25, 0.3) is 0 Å². The van der Waals surface area contributed by atoms with Gasteiger partial charge >= 0.3 is 0 Å². The Kier molecular flexibility index (Phi) is 5.70. The number of quaternary nitrogens is 1. The number of fused-ring (bicyclic) bond motifs is 1. The predicted molar refractivity (Wildman–Crippen MR) is 90.8 cm³/mol. The van der Waals surface area contributed by atoms with Crippen molar-refractivity contribution in [3.05, 3.63) is 65.9 Å². The van der Waals surface area contributed by atoms with E-state index < -0.39 is 0 Å². The van der Waals surface area contributed by atoms with E-state index in [1.807, 2.05) is 18.2 Å². The zero-order valence-electron chi connectivity index (χ0n) is 13.8. The molecule has 0 aliphatic rings. The average Bonchev–Trinajstić information content (AvgIpc) is 2.87. The minimum atomic E-state index is 0. The summed E-state index contributed by atoms with van der Waals surface area (Å²) >= 11 is 0. The van der Waals surface area contributed by atoms with Crippen LogP contribution in [0.1, 0.15) is 11.1 Å². The standard InChI is InChI=1S/C19H23N2O.HI/c1-21(2,3)13-16-12-20-19-11-17(9-10-18(16)19)22-14-15-7-5-4-6-8-15;/h4-12,20H,13-14H2,1-3H3;1H/q+1;/p-1. The summed E-state index contributed by atoms with van der Waals surface area (Å²) in [5, 5.41) is 1.28. The molecule has 0 saturated carbocycles. The molecular weight excluding hydrogens is 399 g/mol. The highest BCUT2D eigenvalue weighted by Gasteiger charge is 2.13. The molecule has 0 amide bonds. The molecule has 0 spiro atoms. The number of benzene rings is 2. The van der Waals surface area contributed by atoms with E-state index in [9.17, 15) is 0 Å². The summed E-state index contributed by atoms with van der Waals surface area (Å²) in [5.74, 6) is 0.898. The van der Waals surface area contributed by atoms with Crippen LogP contribution < -0.4 is 28.7 Å². The highest BCUT2D eigenvalue weighted by atomic mass is 127. The Morgan fingerprint density at radius 2 is 1.74 bits per heavy atom. The number of aromatic nitrogens is 1. The number of nitrogens with one attached hydrogen (secondary N) is 1.